The smallest absolute Gasteiger partial charge is 0.0763 e. The number of hydrogen-bond donors (Lipinski definition) is 1. The van der Waals surface area contributed by atoms with Crippen LogP contribution in [0.5, 0.6) is 0 Å². The van der Waals surface area contributed by atoms with Crippen LogP contribution in [-0.2, 0) is 6.42 Å². The van der Waals surface area contributed by atoms with Crippen LogP contribution in [0.3, 0.4) is 0 Å². The molecule has 1 aromatic carbocycles. The van der Waals surface area contributed by atoms with E-state index in [1.807, 2.05) is 19.1 Å². The van der Waals surface area contributed by atoms with Gasteiger partial charge in [-0.15, -0.1) is 0 Å². The molecule has 1 aromatic heterocycles. The lowest BCUT2D eigenvalue weighted by Gasteiger charge is -2.19. The Bertz CT molecular complexity index is 631. The Balaban J connectivity index is 2.33. The van der Waals surface area contributed by atoms with Crippen molar-refractivity contribution in [2.45, 2.75) is 19.4 Å². The van der Waals surface area contributed by atoms with Gasteiger partial charge in [-0.3, -0.25) is 4.98 Å². The zero-order valence-electron chi connectivity index (χ0n) is 11.3. The molecule has 0 spiro atoms. The van der Waals surface area contributed by atoms with E-state index in [-0.39, 0.29) is 6.04 Å². The van der Waals surface area contributed by atoms with Crippen molar-refractivity contribution in [3.63, 3.8) is 0 Å². The van der Waals surface area contributed by atoms with Gasteiger partial charge in [0.05, 0.1) is 31.8 Å². The molecule has 2 rings (SSSR count). The van der Waals surface area contributed by atoms with Crippen molar-refractivity contribution in [2.24, 2.45) is 0 Å². The van der Waals surface area contributed by atoms with E-state index in [1.54, 1.807) is 18.3 Å². The van der Waals surface area contributed by atoms with Gasteiger partial charge < -0.3 is 5.32 Å². The van der Waals surface area contributed by atoms with E-state index < -0.39 is 0 Å². The second-order valence-corrected chi connectivity index (χ2v) is 6.18. The first-order chi connectivity index (χ1) is 10.0. The van der Waals surface area contributed by atoms with Gasteiger partial charge in [0.25, 0.3) is 0 Å². The lowest BCUT2D eigenvalue weighted by molar-refractivity contribution is 0.537. The molecule has 2 nitrogen and oxygen atoms in total. The van der Waals surface area contributed by atoms with E-state index in [9.17, 15) is 0 Å². The highest BCUT2D eigenvalue weighted by Gasteiger charge is 2.18. The number of rotatable bonds is 5. The summed E-state index contributed by atoms with van der Waals surface area (Å²) in [5.74, 6) is 0. The van der Waals surface area contributed by atoms with Crippen molar-refractivity contribution in [2.75, 3.05) is 6.54 Å². The topological polar surface area (TPSA) is 24.9 Å². The Kier molecular flexibility index (Phi) is 6.15. The minimum atomic E-state index is -0.0595. The molecule has 112 valence electrons. The van der Waals surface area contributed by atoms with Crippen molar-refractivity contribution in [1.82, 2.24) is 10.3 Å². The molecule has 0 saturated heterocycles. The number of nitrogens with zero attached hydrogens (tertiary/aromatic N) is 1. The molecule has 0 saturated carbocycles. The average molecular weight is 364 g/mol. The van der Waals surface area contributed by atoms with Crippen LogP contribution in [0, 0.1) is 0 Å². The molecular formula is C15H14Cl4N2. The number of benzene rings is 1. The number of hydrogen-bond acceptors (Lipinski definition) is 2. The summed E-state index contributed by atoms with van der Waals surface area (Å²) in [5.41, 5.74) is 1.70. The van der Waals surface area contributed by atoms with Crippen molar-refractivity contribution in [3.8, 4) is 0 Å². The van der Waals surface area contributed by atoms with Gasteiger partial charge >= 0.3 is 0 Å². The van der Waals surface area contributed by atoms with Gasteiger partial charge in [0.2, 0.25) is 0 Å². The van der Waals surface area contributed by atoms with Crippen LogP contribution in [0.15, 0.2) is 30.5 Å². The summed E-state index contributed by atoms with van der Waals surface area (Å²) in [4.78, 5) is 4.34. The number of pyridine rings is 1. The second-order valence-electron chi connectivity index (χ2n) is 4.55. The molecule has 0 radical (unpaired) electrons. The summed E-state index contributed by atoms with van der Waals surface area (Å²) in [6.07, 6.45) is 2.23. The summed E-state index contributed by atoms with van der Waals surface area (Å²) in [5, 5.41) is 5.51. The van der Waals surface area contributed by atoms with Crippen molar-refractivity contribution < 1.29 is 0 Å². The van der Waals surface area contributed by atoms with Gasteiger partial charge in [-0.2, -0.15) is 0 Å². The molecule has 0 bridgehead atoms. The molecular weight excluding hydrogens is 350 g/mol. The van der Waals surface area contributed by atoms with Crippen LogP contribution >= 0.6 is 46.4 Å². The summed E-state index contributed by atoms with van der Waals surface area (Å²) in [6, 6.07) is 7.22. The largest absolute Gasteiger partial charge is 0.309 e. The van der Waals surface area contributed by atoms with Gasteiger partial charge in [0.1, 0.15) is 0 Å². The van der Waals surface area contributed by atoms with Gasteiger partial charge in [-0.25, -0.2) is 0 Å². The highest BCUT2D eigenvalue weighted by atomic mass is 35.5. The Morgan fingerprint density at radius 3 is 2.57 bits per heavy atom. The third kappa shape index (κ3) is 4.24. The van der Waals surface area contributed by atoms with E-state index in [0.717, 1.165) is 17.8 Å². The first-order valence-corrected chi connectivity index (χ1v) is 8.01. The van der Waals surface area contributed by atoms with Crippen molar-refractivity contribution in [3.05, 3.63) is 61.8 Å². The molecule has 0 aliphatic heterocycles. The normalized spacial score (nSPS) is 12.4. The molecule has 6 heteroatoms. The fraction of sp³-hybridized carbons (Fsp3) is 0.267. The molecule has 1 unspecified atom stereocenters. The minimum absolute atomic E-state index is 0.0595. The molecule has 21 heavy (non-hydrogen) atoms. The number of aromatic nitrogens is 1. The predicted octanol–water partition coefficient (Wildman–Crippen LogP) is 5.59. The molecule has 1 heterocycles. The predicted molar refractivity (Wildman–Crippen MR) is 90.8 cm³/mol. The van der Waals surface area contributed by atoms with Gasteiger partial charge in [0.15, 0.2) is 0 Å². The van der Waals surface area contributed by atoms with Crippen molar-refractivity contribution in [1.29, 1.82) is 0 Å². The van der Waals surface area contributed by atoms with Crippen LogP contribution in [0.4, 0.5) is 0 Å². The molecule has 0 aliphatic rings. The third-order valence-electron chi connectivity index (χ3n) is 3.07. The maximum atomic E-state index is 6.26. The van der Waals surface area contributed by atoms with E-state index >= 15 is 0 Å². The van der Waals surface area contributed by atoms with E-state index in [1.165, 1.54) is 0 Å². The van der Waals surface area contributed by atoms with E-state index in [2.05, 4.69) is 10.3 Å². The standard InChI is InChI=1S/C15H14Cl4N2/c1-2-20-13(15-12(18)7-10(16)8-21-15)6-9-4-3-5-11(17)14(9)19/h3-5,7-8,13,20H,2,6H2,1H3. The van der Waals surface area contributed by atoms with Crippen LogP contribution in [0.1, 0.15) is 24.2 Å². The highest BCUT2D eigenvalue weighted by Crippen LogP contribution is 2.31. The lowest BCUT2D eigenvalue weighted by Crippen LogP contribution is -2.24. The molecule has 0 amide bonds. The monoisotopic (exact) mass is 362 g/mol. The zero-order chi connectivity index (χ0) is 15.4. The Morgan fingerprint density at radius 2 is 1.90 bits per heavy atom. The zero-order valence-corrected chi connectivity index (χ0v) is 14.4. The molecule has 0 fully saturated rings. The first-order valence-electron chi connectivity index (χ1n) is 6.50. The fourth-order valence-electron chi connectivity index (χ4n) is 2.12. The lowest BCUT2D eigenvalue weighted by atomic mass is 10.0. The fourth-order valence-corrected chi connectivity index (χ4v) is 3.03. The summed E-state index contributed by atoms with van der Waals surface area (Å²) in [7, 11) is 0. The molecule has 2 aromatic rings. The van der Waals surface area contributed by atoms with Gasteiger partial charge in [-0.1, -0.05) is 65.5 Å². The van der Waals surface area contributed by atoms with Crippen LogP contribution in [-0.4, -0.2) is 11.5 Å². The average Bonchev–Trinajstić information content (AvgIpc) is 2.43. The van der Waals surface area contributed by atoms with Crippen LogP contribution < -0.4 is 5.32 Å². The minimum Gasteiger partial charge on any atom is -0.309 e. The van der Waals surface area contributed by atoms with Crippen LogP contribution in [0.25, 0.3) is 0 Å². The molecule has 0 aliphatic carbocycles. The highest BCUT2D eigenvalue weighted by molar-refractivity contribution is 6.42. The van der Waals surface area contributed by atoms with Crippen molar-refractivity contribution >= 4 is 46.4 Å². The maximum Gasteiger partial charge on any atom is 0.0763 e. The number of nitrogens with one attached hydrogen (secondary N) is 1. The Labute approximate surface area is 144 Å². The number of halogens is 4. The Hall–Kier alpha value is -0.510. The Morgan fingerprint density at radius 1 is 1.14 bits per heavy atom. The molecule has 1 atom stereocenters. The summed E-state index contributed by atoms with van der Waals surface area (Å²) in [6.45, 7) is 2.81. The van der Waals surface area contributed by atoms with Gasteiger partial charge in [0, 0.05) is 6.20 Å². The summed E-state index contributed by atoms with van der Waals surface area (Å²) < 4.78 is 0. The third-order valence-corrected chi connectivity index (χ3v) is 4.44. The van der Waals surface area contributed by atoms with E-state index in [4.69, 9.17) is 46.4 Å². The van der Waals surface area contributed by atoms with E-state index in [0.29, 0.717) is 26.5 Å². The SMILES string of the molecule is CCNC(Cc1cccc(Cl)c1Cl)c1ncc(Cl)cc1Cl. The maximum absolute atomic E-state index is 6.26. The quantitative estimate of drug-likeness (QED) is 0.748. The summed E-state index contributed by atoms with van der Waals surface area (Å²) >= 11 is 24.5. The second kappa shape index (κ2) is 7.66. The van der Waals surface area contributed by atoms with Crippen LogP contribution in [0.2, 0.25) is 20.1 Å². The number of likely N-dealkylation sites (N-methyl/N-ethyl adjacent to an activating group) is 1. The molecule has 1 N–H and O–H groups in total. The first kappa shape index (κ1) is 16.9. The van der Waals surface area contributed by atoms with Gasteiger partial charge in [-0.05, 0) is 30.7 Å².